The van der Waals surface area contributed by atoms with Gasteiger partial charge in [-0.2, -0.15) is 0 Å². The Morgan fingerprint density at radius 2 is 1.90 bits per heavy atom. The normalized spacial score (nSPS) is 23.6. The summed E-state index contributed by atoms with van der Waals surface area (Å²) >= 11 is 0. The van der Waals surface area contributed by atoms with Crippen LogP contribution in [0.25, 0.3) is 0 Å². The lowest BCUT2D eigenvalue weighted by Crippen LogP contribution is -2.50. The van der Waals surface area contributed by atoms with Gasteiger partial charge in [0.25, 0.3) is 0 Å². The summed E-state index contributed by atoms with van der Waals surface area (Å²) in [6.07, 6.45) is 2.58. The number of likely N-dealkylation sites (N-methyl/N-ethyl adjacent to an activating group) is 1. The van der Waals surface area contributed by atoms with Gasteiger partial charge >= 0.3 is 0 Å². The summed E-state index contributed by atoms with van der Waals surface area (Å²) in [6.45, 7) is 14.4. The molecule has 1 aliphatic heterocycles. The number of rotatable bonds is 6. The second-order valence-electron chi connectivity index (χ2n) is 5.96. The van der Waals surface area contributed by atoms with Crippen molar-refractivity contribution in [3.63, 3.8) is 0 Å². The van der Waals surface area contributed by atoms with Crippen molar-refractivity contribution in [2.75, 3.05) is 45.8 Å². The van der Waals surface area contributed by atoms with E-state index in [0.29, 0.717) is 12.1 Å². The molecule has 1 saturated heterocycles. The van der Waals surface area contributed by atoms with Crippen LogP contribution in [-0.2, 0) is 0 Å². The molecule has 1 saturated carbocycles. The summed E-state index contributed by atoms with van der Waals surface area (Å²) in [5.74, 6) is 0.994. The van der Waals surface area contributed by atoms with E-state index in [9.17, 15) is 0 Å². The van der Waals surface area contributed by atoms with E-state index in [0.717, 1.165) is 19.0 Å². The zero-order valence-electron chi connectivity index (χ0n) is 13.4. The first-order chi connectivity index (χ1) is 9.72. The van der Waals surface area contributed by atoms with Gasteiger partial charge in [-0.05, 0) is 33.2 Å². The molecule has 116 valence electrons. The lowest BCUT2D eigenvalue weighted by atomic mass is 10.2. The highest BCUT2D eigenvalue weighted by atomic mass is 15.3. The maximum absolute atomic E-state index is 4.75. The Morgan fingerprint density at radius 1 is 1.20 bits per heavy atom. The standard InChI is InChI=1S/C15H31N5/c1-4-16-15(18-14-6-7-14)17-12-13(3)20-10-8-19(5-2)9-11-20/h13-14H,4-12H2,1-3H3,(H2,16,17,18). The molecular formula is C15H31N5. The van der Waals surface area contributed by atoms with Crippen molar-refractivity contribution >= 4 is 5.96 Å². The SMILES string of the molecule is CCNC(=NCC(C)N1CCN(CC)CC1)NC1CC1. The van der Waals surface area contributed by atoms with Crippen LogP contribution >= 0.6 is 0 Å². The number of aliphatic imine (C=N–C) groups is 1. The minimum Gasteiger partial charge on any atom is -0.357 e. The van der Waals surface area contributed by atoms with Crippen molar-refractivity contribution in [2.24, 2.45) is 4.99 Å². The van der Waals surface area contributed by atoms with E-state index in [1.54, 1.807) is 0 Å². The van der Waals surface area contributed by atoms with Crippen molar-refractivity contribution in [3.05, 3.63) is 0 Å². The molecule has 0 aromatic heterocycles. The van der Waals surface area contributed by atoms with Crippen molar-refractivity contribution in [3.8, 4) is 0 Å². The molecule has 1 unspecified atom stereocenters. The number of hydrogen-bond donors (Lipinski definition) is 2. The van der Waals surface area contributed by atoms with Crippen LogP contribution in [0.5, 0.6) is 0 Å². The average Bonchev–Trinajstić information content (AvgIpc) is 3.29. The minimum atomic E-state index is 0.531. The molecule has 2 N–H and O–H groups in total. The Hall–Kier alpha value is -0.810. The topological polar surface area (TPSA) is 42.9 Å². The average molecular weight is 281 g/mol. The van der Waals surface area contributed by atoms with E-state index in [4.69, 9.17) is 4.99 Å². The third-order valence-electron chi connectivity index (χ3n) is 4.25. The smallest absolute Gasteiger partial charge is 0.191 e. The molecule has 0 amide bonds. The van der Waals surface area contributed by atoms with E-state index in [-0.39, 0.29) is 0 Å². The largest absolute Gasteiger partial charge is 0.357 e. The quantitative estimate of drug-likeness (QED) is 0.556. The van der Waals surface area contributed by atoms with Crippen LogP contribution < -0.4 is 10.6 Å². The minimum absolute atomic E-state index is 0.531. The van der Waals surface area contributed by atoms with Crippen molar-refractivity contribution < 1.29 is 0 Å². The molecule has 1 heterocycles. The van der Waals surface area contributed by atoms with Crippen molar-refractivity contribution in [2.45, 2.75) is 45.7 Å². The fourth-order valence-corrected chi connectivity index (χ4v) is 2.60. The zero-order valence-corrected chi connectivity index (χ0v) is 13.4. The predicted molar refractivity (Wildman–Crippen MR) is 85.3 cm³/mol. The Kier molecular flexibility index (Phi) is 6.10. The molecule has 0 radical (unpaired) electrons. The molecule has 2 rings (SSSR count). The Balaban J connectivity index is 1.75. The zero-order chi connectivity index (χ0) is 14.4. The summed E-state index contributed by atoms with van der Waals surface area (Å²) in [7, 11) is 0. The Bertz CT molecular complexity index is 305. The summed E-state index contributed by atoms with van der Waals surface area (Å²) < 4.78 is 0. The number of guanidine groups is 1. The number of hydrogen-bond acceptors (Lipinski definition) is 3. The Labute approximate surface area is 123 Å². The lowest BCUT2D eigenvalue weighted by Gasteiger charge is -2.37. The molecule has 0 aromatic rings. The summed E-state index contributed by atoms with van der Waals surface area (Å²) in [5.41, 5.74) is 0. The summed E-state index contributed by atoms with van der Waals surface area (Å²) in [6, 6.07) is 1.19. The molecule has 20 heavy (non-hydrogen) atoms. The van der Waals surface area contributed by atoms with Crippen LogP contribution in [0.1, 0.15) is 33.6 Å². The summed E-state index contributed by atoms with van der Waals surface area (Å²) in [5, 5.41) is 6.82. The molecule has 5 nitrogen and oxygen atoms in total. The monoisotopic (exact) mass is 281 g/mol. The van der Waals surface area contributed by atoms with Gasteiger partial charge in [0.2, 0.25) is 0 Å². The third kappa shape index (κ3) is 4.94. The molecule has 5 heteroatoms. The van der Waals surface area contributed by atoms with Gasteiger partial charge < -0.3 is 15.5 Å². The first kappa shape index (κ1) is 15.6. The number of nitrogens with one attached hydrogen (secondary N) is 2. The van der Waals surface area contributed by atoms with Gasteiger partial charge in [0.15, 0.2) is 5.96 Å². The van der Waals surface area contributed by atoms with Crippen LogP contribution in [0, 0.1) is 0 Å². The van der Waals surface area contributed by atoms with Gasteiger partial charge in [0.05, 0.1) is 6.54 Å². The first-order valence-electron chi connectivity index (χ1n) is 8.24. The molecule has 1 atom stereocenters. The second-order valence-corrected chi connectivity index (χ2v) is 5.96. The van der Waals surface area contributed by atoms with Crippen LogP contribution in [0.3, 0.4) is 0 Å². The van der Waals surface area contributed by atoms with E-state index >= 15 is 0 Å². The van der Waals surface area contributed by atoms with E-state index in [2.05, 4.69) is 41.2 Å². The fourth-order valence-electron chi connectivity index (χ4n) is 2.60. The molecule has 0 aromatic carbocycles. The fraction of sp³-hybridized carbons (Fsp3) is 0.933. The molecule has 1 aliphatic carbocycles. The van der Waals surface area contributed by atoms with E-state index < -0.39 is 0 Å². The molecule has 2 fully saturated rings. The lowest BCUT2D eigenvalue weighted by molar-refractivity contribution is 0.109. The predicted octanol–water partition coefficient (Wildman–Crippen LogP) is 0.730. The van der Waals surface area contributed by atoms with Crippen LogP contribution in [0.15, 0.2) is 4.99 Å². The summed E-state index contributed by atoms with van der Waals surface area (Å²) in [4.78, 5) is 9.83. The van der Waals surface area contributed by atoms with Crippen molar-refractivity contribution in [1.82, 2.24) is 20.4 Å². The molecule has 0 spiro atoms. The maximum Gasteiger partial charge on any atom is 0.191 e. The van der Waals surface area contributed by atoms with Gasteiger partial charge in [0.1, 0.15) is 0 Å². The van der Waals surface area contributed by atoms with Gasteiger partial charge in [-0.15, -0.1) is 0 Å². The number of piperazine rings is 1. The molecular weight excluding hydrogens is 250 g/mol. The Morgan fingerprint density at radius 3 is 2.45 bits per heavy atom. The van der Waals surface area contributed by atoms with Crippen LogP contribution in [-0.4, -0.2) is 73.7 Å². The molecule has 0 bridgehead atoms. The van der Waals surface area contributed by atoms with Crippen LogP contribution in [0.4, 0.5) is 0 Å². The van der Waals surface area contributed by atoms with Gasteiger partial charge in [-0.25, -0.2) is 0 Å². The van der Waals surface area contributed by atoms with E-state index in [1.165, 1.54) is 45.6 Å². The van der Waals surface area contributed by atoms with Gasteiger partial charge in [-0.1, -0.05) is 6.92 Å². The molecule has 2 aliphatic rings. The van der Waals surface area contributed by atoms with Crippen LogP contribution in [0.2, 0.25) is 0 Å². The van der Waals surface area contributed by atoms with E-state index in [1.807, 2.05) is 0 Å². The highest BCUT2D eigenvalue weighted by molar-refractivity contribution is 5.80. The van der Waals surface area contributed by atoms with Gasteiger partial charge in [0, 0.05) is 44.8 Å². The highest BCUT2D eigenvalue weighted by Gasteiger charge is 2.23. The third-order valence-corrected chi connectivity index (χ3v) is 4.25. The maximum atomic E-state index is 4.75. The number of nitrogens with zero attached hydrogens (tertiary/aromatic N) is 3. The first-order valence-corrected chi connectivity index (χ1v) is 8.24. The second kappa shape index (κ2) is 7.84. The highest BCUT2D eigenvalue weighted by Crippen LogP contribution is 2.18. The van der Waals surface area contributed by atoms with Gasteiger partial charge in [-0.3, -0.25) is 9.89 Å². The van der Waals surface area contributed by atoms with Crippen molar-refractivity contribution in [1.29, 1.82) is 0 Å².